The number of halogens is 4. The maximum atomic E-state index is 13.2. The summed E-state index contributed by atoms with van der Waals surface area (Å²) in [6, 6.07) is 5.14. The first-order valence-electron chi connectivity index (χ1n) is 5.80. The average molecular weight is 311 g/mol. The Morgan fingerprint density at radius 1 is 1.05 bits per heavy atom. The topological polar surface area (TPSA) is 45.8 Å². The summed E-state index contributed by atoms with van der Waals surface area (Å²) < 4.78 is 39.4. The average Bonchev–Trinajstić information content (AvgIpc) is 2.41. The normalized spacial score (nSPS) is 11.0. The van der Waals surface area contributed by atoms with Crippen LogP contribution in [0.3, 0.4) is 0 Å². The van der Waals surface area contributed by atoms with Crippen molar-refractivity contribution in [3.05, 3.63) is 63.2 Å². The number of nitrogens with one attached hydrogen (secondary N) is 1. The molecule has 2 aromatic carbocycles. The predicted octanol–water partition coefficient (Wildman–Crippen LogP) is 3.66. The molecule has 0 aliphatic rings. The van der Waals surface area contributed by atoms with E-state index in [0.29, 0.717) is 0 Å². The van der Waals surface area contributed by atoms with Gasteiger partial charge in [-0.2, -0.15) is 0 Å². The highest BCUT2D eigenvalue weighted by Crippen LogP contribution is 2.26. The molecule has 3 aromatic rings. The number of H-pyrrole nitrogens is 1. The van der Waals surface area contributed by atoms with Gasteiger partial charge in [-0.15, -0.1) is 0 Å². The maximum absolute atomic E-state index is 13.2. The third kappa shape index (κ3) is 2.38. The summed E-state index contributed by atoms with van der Waals surface area (Å²) in [5.41, 5.74) is -0.385. The lowest BCUT2D eigenvalue weighted by atomic mass is 10.2. The van der Waals surface area contributed by atoms with E-state index < -0.39 is 23.0 Å². The van der Waals surface area contributed by atoms with Crippen LogP contribution in [0.25, 0.3) is 22.3 Å². The largest absolute Gasteiger partial charge is 0.306 e. The van der Waals surface area contributed by atoms with Crippen LogP contribution < -0.4 is 5.56 Å². The fourth-order valence-corrected chi connectivity index (χ4v) is 2.20. The molecule has 0 amide bonds. The molecule has 3 rings (SSSR count). The summed E-state index contributed by atoms with van der Waals surface area (Å²) in [5.74, 6) is -2.75. The van der Waals surface area contributed by atoms with Crippen molar-refractivity contribution in [2.24, 2.45) is 0 Å². The van der Waals surface area contributed by atoms with Crippen LogP contribution in [0.2, 0.25) is 5.02 Å². The smallest absolute Gasteiger partial charge is 0.259 e. The Morgan fingerprint density at radius 3 is 2.48 bits per heavy atom. The van der Waals surface area contributed by atoms with Gasteiger partial charge in [0.15, 0.2) is 11.6 Å². The SMILES string of the molecule is O=c1[nH]c(-c2ccc(F)cc2Cl)nc2cc(F)c(F)cc12. The lowest BCUT2D eigenvalue weighted by Crippen LogP contribution is -2.10. The number of nitrogens with zero attached hydrogens (tertiary/aromatic N) is 1. The lowest BCUT2D eigenvalue weighted by Gasteiger charge is -2.05. The van der Waals surface area contributed by atoms with Crippen LogP contribution in [0.1, 0.15) is 0 Å². The minimum Gasteiger partial charge on any atom is -0.306 e. The molecule has 1 N–H and O–H groups in total. The van der Waals surface area contributed by atoms with Gasteiger partial charge >= 0.3 is 0 Å². The van der Waals surface area contributed by atoms with Gasteiger partial charge < -0.3 is 4.98 Å². The second-order valence-electron chi connectivity index (χ2n) is 4.32. The van der Waals surface area contributed by atoms with Crippen molar-refractivity contribution >= 4 is 22.5 Å². The Hall–Kier alpha value is -2.34. The van der Waals surface area contributed by atoms with Crippen LogP contribution in [0.4, 0.5) is 13.2 Å². The highest BCUT2D eigenvalue weighted by atomic mass is 35.5. The van der Waals surface area contributed by atoms with Crippen molar-refractivity contribution in [1.29, 1.82) is 0 Å². The van der Waals surface area contributed by atoms with Crippen molar-refractivity contribution in [3.8, 4) is 11.4 Å². The van der Waals surface area contributed by atoms with Crippen LogP contribution in [-0.2, 0) is 0 Å². The first-order chi connectivity index (χ1) is 9.95. The second kappa shape index (κ2) is 4.89. The van der Waals surface area contributed by atoms with E-state index in [2.05, 4.69) is 9.97 Å². The highest BCUT2D eigenvalue weighted by Gasteiger charge is 2.12. The number of hydrogen-bond donors (Lipinski definition) is 1. The van der Waals surface area contributed by atoms with E-state index in [4.69, 9.17) is 11.6 Å². The minimum atomic E-state index is -1.14. The zero-order chi connectivity index (χ0) is 15.1. The molecule has 3 nitrogen and oxygen atoms in total. The number of benzene rings is 2. The van der Waals surface area contributed by atoms with Gasteiger partial charge in [-0.05, 0) is 24.3 Å². The van der Waals surface area contributed by atoms with Crippen LogP contribution in [-0.4, -0.2) is 9.97 Å². The van der Waals surface area contributed by atoms with Crippen molar-refractivity contribution in [3.63, 3.8) is 0 Å². The van der Waals surface area contributed by atoms with Crippen molar-refractivity contribution in [2.45, 2.75) is 0 Å². The first-order valence-corrected chi connectivity index (χ1v) is 6.18. The summed E-state index contributed by atoms with van der Waals surface area (Å²) in [4.78, 5) is 18.4. The lowest BCUT2D eigenvalue weighted by molar-refractivity contribution is 0.510. The molecule has 0 bridgehead atoms. The van der Waals surface area contributed by atoms with Gasteiger partial charge in [0.25, 0.3) is 5.56 Å². The Labute approximate surface area is 121 Å². The number of aromatic amines is 1. The van der Waals surface area contributed by atoms with Gasteiger partial charge in [-0.25, -0.2) is 18.2 Å². The number of hydrogen-bond acceptors (Lipinski definition) is 2. The van der Waals surface area contributed by atoms with E-state index in [1.54, 1.807) is 0 Å². The molecule has 0 fully saturated rings. The fraction of sp³-hybridized carbons (Fsp3) is 0. The monoisotopic (exact) mass is 310 g/mol. The molecule has 106 valence electrons. The molecule has 0 radical (unpaired) electrons. The van der Waals surface area contributed by atoms with Gasteiger partial charge in [-0.1, -0.05) is 11.6 Å². The second-order valence-corrected chi connectivity index (χ2v) is 4.73. The molecule has 0 saturated carbocycles. The molecular weight excluding hydrogens is 305 g/mol. The van der Waals surface area contributed by atoms with E-state index in [9.17, 15) is 18.0 Å². The Kier molecular flexibility index (Phi) is 3.17. The standard InChI is InChI=1S/C14H6ClF3N2O/c15-9-3-6(16)1-2-7(9)13-19-12-5-11(18)10(17)4-8(12)14(21)20-13/h1-5H,(H,19,20,21). The fourth-order valence-electron chi connectivity index (χ4n) is 1.94. The number of aromatic nitrogens is 2. The van der Waals surface area contributed by atoms with Crippen LogP contribution in [0.5, 0.6) is 0 Å². The third-order valence-corrected chi connectivity index (χ3v) is 3.25. The molecule has 21 heavy (non-hydrogen) atoms. The summed E-state index contributed by atoms with van der Waals surface area (Å²) >= 11 is 5.89. The van der Waals surface area contributed by atoms with Gasteiger partial charge in [0.2, 0.25) is 0 Å². The van der Waals surface area contributed by atoms with Crippen LogP contribution >= 0.6 is 11.6 Å². The van der Waals surface area contributed by atoms with Gasteiger partial charge in [0.05, 0.1) is 15.9 Å². The zero-order valence-electron chi connectivity index (χ0n) is 10.3. The van der Waals surface area contributed by atoms with E-state index in [0.717, 1.165) is 24.3 Å². The van der Waals surface area contributed by atoms with Gasteiger partial charge in [0.1, 0.15) is 11.6 Å². The molecule has 7 heteroatoms. The number of rotatable bonds is 1. The molecule has 0 saturated heterocycles. The summed E-state index contributed by atoms with van der Waals surface area (Å²) in [6.45, 7) is 0. The first kappa shape index (κ1) is 13.6. The van der Waals surface area contributed by atoms with E-state index in [1.165, 1.54) is 6.07 Å². The number of fused-ring (bicyclic) bond motifs is 1. The predicted molar refractivity (Wildman–Crippen MR) is 72.7 cm³/mol. The summed E-state index contributed by atoms with van der Waals surface area (Å²) in [5, 5.41) is -0.0454. The molecular formula is C14H6ClF3N2O. The van der Waals surface area contributed by atoms with Crippen LogP contribution in [0.15, 0.2) is 35.1 Å². The van der Waals surface area contributed by atoms with Crippen molar-refractivity contribution in [2.75, 3.05) is 0 Å². The van der Waals surface area contributed by atoms with E-state index >= 15 is 0 Å². The quantitative estimate of drug-likeness (QED) is 0.745. The Bertz CT molecular complexity index is 924. The maximum Gasteiger partial charge on any atom is 0.259 e. The highest BCUT2D eigenvalue weighted by molar-refractivity contribution is 6.33. The zero-order valence-corrected chi connectivity index (χ0v) is 11.0. The molecule has 0 unspecified atom stereocenters. The Morgan fingerprint density at radius 2 is 1.76 bits per heavy atom. The van der Waals surface area contributed by atoms with E-state index in [-0.39, 0.29) is 27.3 Å². The summed E-state index contributed by atoms with van der Waals surface area (Å²) in [6.07, 6.45) is 0. The third-order valence-electron chi connectivity index (χ3n) is 2.93. The van der Waals surface area contributed by atoms with Crippen molar-refractivity contribution < 1.29 is 13.2 Å². The van der Waals surface area contributed by atoms with Crippen molar-refractivity contribution in [1.82, 2.24) is 9.97 Å². The van der Waals surface area contributed by atoms with E-state index in [1.807, 2.05) is 0 Å². The molecule has 0 atom stereocenters. The molecule has 1 heterocycles. The molecule has 0 aliphatic heterocycles. The summed E-state index contributed by atoms with van der Waals surface area (Å²) in [7, 11) is 0. The molecule has 0 spiro atoms. The van der Waals surface area contributed by atoms with Crippen LogP contribution in [0, 0.1) is 17.5 Å². The minimum absolute atomic E-state index is 0.0203. The van der Waals surface area contributed by atoms with Gasteiger partial charge in [0, 0.05) is 11.6 Å². The van der Waals surface area contributed by atoms with Gasteiger partial charge in [-0.3, -0.25) is 4.79 Å². The molecule has 0 aliphatic carbocycles. The Balaban J connectivity index is 2.30. The molecule has 1 aromatic heterocycles.